The van der Waals surface area contributed by atoms with Crippen LogP contribution in [0.15, 0.2) is 109 Å². The van der Waals surface area contributed by atoms with Crippen molar-refractivity contribution in [3.05, 3.63) is 120 Å². The standard InChI is InChI=1S/C9H12.C6H6.2C6H10/c1-3-9-7-5-4-6-8(9)2;1-2-4-6-5-3-1;2*1-3-5-6-4-2/h4-7H,3H2,1-2H3;1-6H;2*3-6H,1-2H3/b;;2*5-3-,6-4-. The van der Waals surface area contributed by atoms with Gasteiger partial charge < -0.3 is 0 Å². The van der Waals surface area contributed by atoms with Gasteiger partial charge in [0.15, 0.2) is 0 Å². The molecule has 27 heavy (non-hydrogen) atoms. The Labute approximate surface area is 168 Å². The minimum Gasteiger partial charge on any atom is -0.0877 e. The van der Waals surface area contributed by atoms with Crippen LogP contribution in [0.2, 0.25) is 0 Å². The Morgan fingerprint density at radius 2 is 0.889 bits per heavy atom. The van der Waals surface area contributed by atoms with E-state index in [4.69, 9.17) is 0 Å². The fraction of sp³-hybridized carbons (Fsp3) is 0.259. The summed E-state index contributed by atoms with van der Waals surface area (Å²) in [5.74, 6) is 0. The second kappa shape index (κ2) is 23.4. The third-order valence-corrected chi connectivity index (χ3v) is 3.30. The van der Waals surface area contributed by atoms with E-state index in [9.17, 15) is 0 Å². The summed E-state index contributed by atoms with van der Waals surface area (Å²) in [6.45, 7) is 12.3. The zero-order valence-corrected chi connectivity index (χ0v) is 18.1. The molecule has 0 aliphatic carbocycles. The van der Waals surface area contributed by atoms with E-state index < -0.39 is 0 Å². The highest BCUT2D eigenvalue weighted by molar-refractivity contribution is 5.25. The topological polar surface area (TPSA) is 0 Å². The van der Waals surface area contributed by atoms with Crippen LogP contribution in [0.1, 0.15) is 45.7 Å². The molecule has 2 aromatic rings. The molecule has 0 nitrogen and oxygen atoms in total. The molecule has 0 N–H and O–H groups in total. The van der Waals surface area contributed by atoms with Gasteiger partial charge in [-0.25, -0.2) is 0 Å². The monoisotopic (exact) mass is 362 g/mol. The number of rotatable bonds is 3. The molecule has 0 heteroatoms. The van der Waals surface area contributed by atoms with Crippen LogP contribution in [0.25, 0.3) is 0 Å². The number of hydrogen-bond acceptors (Lipinski definition) is 0. The highest BCUT2D eigenvalue weighted by Gasteiger charge is 1.89. The Hall–Kier alpha value is -2.60. The van der Waals surface area contributed by atoms with Gasteiger partial charge in [-0.15, -0.1) is 0 Å². The fourth-order valence-electron chi connectivity index (χ4n) is 1.84. The first kappa shape index (κ1) is 26.6. The van der Waals surface area contributed by atoms with E-state index in [2.05, 4.69) is 38.1 Å². The highest BCUT2D eigenvalue weighted by atomic mass is 13.9. The van der Waals surface area contributed by atoms with E-state index in [1.54, 1.807) is 0 Å². The molecular formula is C27H38. The molecule has 2 aromatic carbocycles. The molecule has 0 saturated heterocycles. The van der Waals surface area contributed by atoms with E-state index in [0.717, 1.165) is 6.42 Å². The Kier molecular flexibility index (Phi) is 23.1. The van der Waals surface area contributed by atoms with E-state index in [0.29, 0.717) is 0 Å². The van der Waals surface area contributed by atoms with Gasteiger partial charge >= 0.3 is 0 Å². The third-order valence-electron chi connectivity index (χ3n) is 3.30. The molecule has 146 valence electrons. The second-order valence-electron chi connectivity index (χ2n) is 5.54. The van der Waals surface area contributed by atoms with Crippen molar-refractivity contribution in [2.75, 3.05) is 0 Å². The van der Waals surface area contributed by atoms with Gasteiger partial charge in [0.05, 0.1) is 0 Å². The molecular weight excluding hydrogens is 324 g/mol. The normalized spacial score (nSPS) is 10.1. The first-order valence-corrected chi connectivity index (χ1v) is 9.70. The minimum atomic E-state index is 1.15. The quantitative estimate of drug-likeness (QED) is 0.480. The van der Waals surface area contributed by atoms with E-state index in [1.807, 2.05) is 113 Å². The zero-order valence-electron chi connectivity index (χ0n) is 18.1. The fourth-order valence-corrected chi connectivity index (χ4v) is 1.84. The van der Waals surface area contributed by atoms with Crippen LogP contribution >= 0.6 is 0 Å². The van der Waals surface area contributed by atoms with Crippen LogP contribution in [-0.4, -0.2) is 0 Å². The van der Waals surface area contributed by atoms with Gasteiger partial charge in [-0.05, 0) is 52.2 Å². The SMILES string of the molecule is C/C=C\C=C/C.C/C=C\C=C/C.CCc1ccccc1C.c1ccccc1. The summed E-state index contributed by atoms with van der Waals surface area (Å²) in [5.41, 5.74) is 2.86. The maximum absolute atomic E-state index is 2.18. The maximum atomic E-state index is 2.18. The molecule has 0 fully saturated rings. The molecule has 0 radical (unpaired) electrons. The molecule has 0 amide bonds. The summed E-state index contributed by atoms with van der Waals surface area (Å²) in [6.07, 6.45) is 17.1. The van der Waals surface area contributed by atoms with Gasteiger partial charge in [-0.1, -0.05) is 116 Å². The summed E-state index contributed by atoms with van der Waals surface area (Å²) in [7, 11) is 0. The average Bonchev–Trinajstić information content (AvgIpc) is 2.73. The molecule has 0 bridgehead atoms. The number of allylic oxidation sites excluding steroid dienone is 8. The number of hydrogen-bond donors (Lipinski definition) is 0. The Morgan fingerprint density at radius 3 is 1.11 bits per heavy atom. The van der Waals surface area contributed by atoms with E-state index >= 15 is 0 Å². The molecule has 0 unspecified atom stereocenters. The lowest BCUT2D eigenvalue weighted by Crippen LogP contribution is -1.82. The zero-order chi connectivity index (χ0) is 20.6. The number of benzene rings is 2. The van der Waals surface area contributed by atoms with Crippen LogP contribution in [0.4, 0.5) is 0 Å². The Bertz CT molecular complexity index is 561. The summed E-state index contributed by atoms with van der Waals surface area (Å²) < 4.78 is 0. The molecule has 0 aromatic heterocycles. The van der Waals surface area contributed by atoms with Crippen LogP contribution < -0.4 is 0 Å². The maximum Gasteiger partial charge on any atom is -0.0305 e. The van der Waals surface area contributed by atoms with Crippen LogP contribution in [0, 0.1) is 6.92 Å². The van der Waals surface area contributed by atoms with Crippen molar-refractivity contribution in [1.29, 1.82) is 0 Å². The minimum absolute atomic E-state index is 1.15. The largest absolute Gasteiger partial charge is 0.0877 e. The van der Waals surface area contributed by atoms with Gasteiger partial charge in [0.2, 0.25) is 0 Å². The van der Waals surface area contributed by atoms with Crippen molar-refractivity contribution in [2.45, 2.75) is 48.0 Å². The predicted octanol–water partition coefficient (Wildman–Crippen LogP) is 8.52. The van der Waals surface area contributed by atoms with Gasteiger partial charge in [0, 0.05) is 0 Å². The van der Waals surface area contributed by atoms with Gasteiger partial charge in [0.25, 0.3) is 0 Å². The Morgan fingerprint density at radius 1 is 0.556 bits per heavy atom. The van der Waals surface area contributed by atoms with E-state index in [-0.39, 0.29) is 0 Å². The van der Waals surface area contributed by atoms with Crippen molar-refractivity contribution >= 4 is 0 Å². The second-order valence-corrected chi connectivity index (χ2v) is 5.54. The first-order chi connectivity index (χ1) is 13.2. The molecule has 0 atom stereocenters. The summed E-state index contributed by atoms with van der Waals surface area (Å²) in [4.78, 5) is 0. The van der Waals surface area contributed by atoms with Crippen LogP contribution in [0.5, 0.6) is 0 Å². The van der Waals surface area contributed by atoms with Crippen LogP contribution in [-0.2, 0) is 6.42 Å². The van der Waals surface area contributed by atoms with Crippen LogP contribution in [0.3, 0.4) is 0 Å². The van der Waals surface area contributed by atoms with Crippen molar-refractivity contribution in [2.24, 2.45) is 0 Å². The lowest BCUT2D eigenvalue weighted by atomic mass is 10.1. The van der Waals surface area contributed by atoms with Gasteiger partial charge in [-0.2, -0.15) is 0 Å². The lowest BCUT2D eigenvalue weighted by Gasteiger charge is -1.98. The predicted molar refractivity (Wildman–Crippen MR) is 126 cm³/mol. The Balaban J connectivity index is 0. The van der Waals surface area contributed by atoms with Gasteiger partial charge in [0.1, 0.15) is 0 Å². The van der Waals surface area contributed by atoms with Crippen molar-refractivity contribution in [3.63, 3.8) is 0 Å². The molecule has 0 heterocycles. The summed E-state index contributed by atoms with van der Waals surface area (Å²) in [5, 5.41) is 0. The molecule has 0 spiro atoms. The smallest absolute Gasteiger partial charge is 0.0305 e. The lowest BCUT2D eigenvalue weighted by molar-refractivity contribution is 1.11. The van der Waals surface area contributed by atoms with Crippen molar-refractivity contribution in [1.82, 2.24) is 0 Å². The van der Waals surface area contributed by atoms with Crippen molar-refractivity contribution < 1.29 is 0 Å². The molecule has 0 saturated carbocycles. The summed E-state index contributed by atoms with van der Waals surface area (Å²) in [6, 6.07) is 20.5. The van der Waals surface area contributed by atoms with E-state index in [1.165, 1.54) is 11.1 Å². The molecule has 2 rings (SSSR count). The summed E-state index contributed by atoms with van der Waals surface area (Å²) >= 11 is 0. The molecule has 0 aliphatic heterocycles. The third kappa shape index (κ3) is 21.4. The number of aryl methyl sites for hydroxylation is 2. The van der Waals surface area contributed by atoms with Gasteiger partial charge in [-0.3, -0.25) is 0 Å². The highest BCUT2D eigenvalue weighted by Crippen LogP contribution is 2.06. The molecule has 0 aliphatic rings. The average molecular weight is 363 g/mol. The van der Waals surface area contributed by atoms with Crippen molar-refractivity contribution in [3.8, 4) is 0 Å². The first-order valence-electron chi connectivity index (χ1n) is 9.70.